The second-order valence-electron chi connectivity index (χ2n) is 7.99. The van der Waals surface area contributed by atoms with Crippen LogP contribution in [0, 0.1) is 11.8 Å². The number of nitrogens with zero attached hydrogens (tertiary/aromatic N) is 1. The number of rotatable bonds is 6. The molecule has 2 aromatic rings. The first kappa shape index (κ1) is 21.6. The fourth-order valence-corrected chi connectivity index (χ4v) is 4.50. The van der Waals surface area contributed by atoms with Crippen LogP contribution in [0.5, 0.6) is 0 Å². The minimum absolute atomic E-state index is 0.159. The van der Waals surface area contributed by atoms with Crippen molar-refractivity contribution in [1.82, 2.24) is 5.32 Å². The molecule has 2 heterocycles. The molecule has 8 nitrogen and oxygen atoms in total. The summed E-state index contributed by atoms with van der Waals surface area (Å²) in [4.78, 5) is 51.3. The van der Waals surface area contributed by atoms with Crippen LogP contribution < -0.4 is 10.2 Å². The van der Waals surface area contributed by atoms with Crippen molar-refractivity contribution in [2.45, 2.75) is 18.5 Å². The molecule has 4 rings (SSSR count). The smallest absolute Gasteiger partial charge is 0.327 e. The molecule has 32 heavy (non-hydrogen) atoms. The number of hydrogen-bond acceptors (Lipinski definition) is 6. The van der Waals surface area contributed by atoms with Gasteiger partial charge in [-0.3, -0.25) is 24.5 Å². The van der Waals surface area contributed by atoms with Crippen molar-refractivity contribution in [2.24, 2.45) is 11.8 Å². The zero-order valence-corrected chi connectivity index (χ0v) is 17.3. The molecule has 164 valence electrons. The molecule has 4 atom stereocenters. The Morgan fingerprint density at radius 1 is 1.06 bits per heavy atom. The quantitative estimate of drug-likeness (QED) is 0.465. The van der Waals surface area contributed by atoms with E-state index < -0.39 is 47.8 Å². The molecule has 2 amide bonds. The summed E-state index contributed by atoms with van der Waals surface area (Å²) in [5, 5.41) is 22.7. The number of amides is 2. The van der Waals surface area contributed by atoms with Gasteiger partial charge in [0.2, 0.25) is 11.8 Å². The lowest BCUT2D eigenvalue weighted by molar-refractivity contribution is -0.150. The fraction of sp³-hybridized carbons (Fsp3) is 0.250. The highest BCUT2D eigenvalue weighted by Gasteiger charge is 2.68. The van der Waals surface area contributed by atoms with Gasteiger partial charge in [-0.1, -0.05) is 42.5 Å². The average molecular weight is 434 g/mol. The Labute approximate surface area is 184 Å². The van der Waals surface area contributed by atoms with E-state index in [4.69, 9.17) is 0 Å². The maximum absolute atomic E-state index is 13.4. The number of aliphatic carboxylic acids is 1. The van der Waals surface area contributed by atoms with Crippen molar-refractivity contribution in [3.8, 4) is 0 Å². The molecule has 2 aromatic carbocycles. The van der Waals surface area contributed by atoms with Crippen LogP contribution in [0.1, 0.15) is 22.8 Å². The number of hydrogen-bond donors (Lipinski definition) is 3. The Balaban J connectivity index is 1.74. The molecule has 4 unspecified atom stereocenters. The maximum Gasteiger partial charge on any atom is 0.327 e. The minimum Gasteiger partial charge on any atom is -0.480 e. The zero-order valence-electron chi connectivity index (χ0n) is 17.3. The third-order valence-electron chi connectivity index (χ3n) is 6.15. The van der Waals surface area contributed by atoms with E-state index in [1.54, 1.807) is 12.2 Å². The third-order valence-corrected chi connectivity index (χ3v) is 6.15. The van der Waals surface area contributed by atoms with E-state index in [1.165, 1.54) is 31.2 Å². The molecule has 3 N–H and O–H groups in total. The van der Waals surface area contributed by atoms with E-state index in [-0.39, 0.29) is 11.5 Å². The molecule has 0 spiro atoms. The predicted molar refractivity (Wildman–Crippen MR) is 116 cm³/mol. The highest BCUT2D eigenvalue weighted by atomic mass is 16.4. The molecule has 0 radical (unpaired) electrons. The van der Waals surface area contributed by atoms with Crippen LogP contribution >= 0.6 is 0 Å². The highest BCUT2D eigenvalue weighted by Crippen LogP contribution is 2.45. The van der Waals surface area contributed by atoms with Crippen molar-refractivity contribution in [3.05, 3.63) is 71.8 Å². The summed E-state index contributed by atoms with van der Waals surface area (Å²) in [5.41, 5.74) is -0.468. The van der Waals surface area contributed by atoms with Crippen molar-refractivity contribution in [3.63, 3.8) is 0 Å². The van der Waals surface area contributed by atoms with Crippen LogP contribution in [-0.4, -0.2) is 52.0 Å². The standard InChI is InChI=1S/C24H22N2O6/c1-14(28)16-8-10-17(11-9-16)26-21(29)19-18(12-7-15-5-3-2-4-6-15)25-24(13-27,23(31)32)20(19)22(26)30/h2-12,18-20,25,27H,13H2,1H3,(H,31,32). The van der Waals surface area contributed by atoms with E-state index in [9.17, 15) is 29.4 Å². The second-order valence-corrected chi connectivity index (χ2v) is 7.99. The number of anilines is 1. The number of benzene rings is 2. The van der Waals surface area contributed by atoms with Crippen LogP contribution in [0.25, 0.3) is 6.08 Å². The number of aliphatic hydroxyl groups excluding tert-OH is 1. The van der Waals surface area contributed by atoms with Crippen LogP contribution in [-0.2, 0) is 14.4 Å². The number of carboxylic acid groups (broad SMARTS) is 1. The lowest BCUT2D eigenvalue weighted by Crippen LogP contribution is -2.59. The number of carboxylic acids is 1. The van der Waals surface area contributed by atoms with Gasteiger partial charge in [0.25, 0.3) is 0 Å². The zero-order chi connectivity index (χ0) is 23.0. The lowest BCUT2D eigenvalue weighted by atomic mass is 9.80. The number of ketones is 1. The van der Waals surface area contributed by atoms with Gasteiger partial charge in [0.05, 0.1) is 24.1 Å². The van der Waals surface area contributed by atoms with Crippen LogP contribution in [0.3, 0.4) is 0 Å². The molecule has 0 bridgehead atoms. The Morgan fingerprint density at radius 2 is 1.72 bits per heavy atom. The molecule has 0 aromatic heterocycles. The second kappa shape index (κ2) is 8.14. The number of Topliss-reactive ketones (excluding diaryl/α,β-unsaturated/α-hetero) is 1. The summed E-state index contributed by atoms with van der Waals surface area (Å²) in [7, 11) is 0. The van der Waals surface area contributed by atoms with E-state index in [1.807, 2.05) is 30.3 Å². The van der Waals surface area contributed by atoms with Crippen LogP contribution in [0.15, 0.2) is 60.7 Å². The molecular weight excluding hydrogens is 412 g/mol. The number of aliphatic hydroxyl groups is 1. The molecular formula is C24H22N2O6. The Morgan fingerprint density at radius 3 is 2.28 bits per heavy atom. The lowest BCUT2D eigenvalue weighted by Gasteiger charge is -2.28. The number of nitrogens with one attached hydrogen (secondary N) is 1. The SMILES string of the molecule is CC(=O)c1ccc(N2C(=O)C3C(C=Cc4ccccc4)NC(CO)(C(=O)O)C3C2=O)cc1. The molecule has 0 saturated carbocycles. The van der Waals surface area contributed by atoms with Crippen molar-refractivity contribution < 1.29 is 29.4 Å². The Kier molecular flexibility index (Phi) is 5.50. The maximum atomic E-state index is 13.4. The van der Waals surface area contributed by atoms with E-state index in [0.29, 0.717) is 5.56 Å². The largest absolute Gasteiger partial charge is 0.480 e. The normalized spacial score (nSPS) is 27.2. The van der Waals surface area contributed by atoms with Gasteiger partial charge in [-0.25, -0.2) is 4.90 Å². The van der Waals surface area contributed by atoms with E-state index in [0.717, 1.165) is 10.5 Å². The number of carbonyl (C=O) groups is 4. The Hall–Kier alpha value is -3.62. The van der Waals surface area contributed by atoms with Crippen molar-refractivity contribution >= 4 is 35.3 Å². The van der Waals surface area contributed by atoms with E-state index >= 15 is 0 Å². The van der Waals surface area contributed by atoms with Gasteiger partial charge < -0.3 is 10.2 Å². The van der Waals surface area contributed by atoms with Crippen LogP contribution in [0.4, 0.5) is 5.69 Å². The van der Waals surface area contributed by atoms with Gasteiger partial charge in [-0.15, -0.1) is 0 Å². The molecule has 2 saturated heterocycles. The molecule has 0 aliphatic carbocycles. The van der Waals surface area contributed by atoms with Crippen LogP contribution in [0.2, 0.25) is 0 Å². The van der Waals surface area contributed by atoms with Gasteiger partial charge in [0.15, 0.2) is 11.3 Å². The van der Waals surface area contributed by atoms with Gasteiger partial charge in [-0.05, 0) is 36.8 Å². The van der Waals surface area contributed by atoms with E-state index in [2.05, 4.69) is 5.32 Å². The molecule has 8 heteroatoms. The van der Waals surface area contributed by atoms with Gasteiger partial charge in [0.1, 0.15) is 0 Å². The first-order chi connectivity index (χ1) is 15.3. The summed E-state index contributed by atoms with van der Waals surface area (Å²) in [5.74, 6) is -5.10. The molecule has 2 aliphatic heterocycles. The van der Waals surface area contributed by atoms with Gasteiger partial charge in [0, 0.05) is 11.6 Å². The van der Waals surface area contributed by atoms with Gasteiger partial charge in [-0.2, -0.15) is 0 Å². The van der Waals surface area contributed by atoms with Crippen molar-refractivity contribution in [1.29, 1.82) is 0 Å². The van der Waals surface area contributed by atoms with Gasteiger partial charge >= 0.3 is 5.97 Å². The first-order valence-electron chi connectivity index (χ1n) is 10.1. The average Bonchev–Trinajstić information content (AvgIpc) is 3.27. The minimum atomic E-state index is -1.99. The molecule has 2 aliphatic rings. The third kappa shape index (κ3) is 3.34. The fourth-order valence-electron chi connectivity index (χ4n) is 4.50. The summed E-state index contributed by atoms with van der Waals surface area (Å²) < 4.78 is 0. The predicted octanol–water partition coefficient (Wildman–Crippen LogP) is 1.50. The number of imide groups is 1. The monoisotopic (exact) mass is 434 g/mol. The summed E-state index contributed by atoms with van der Waals surface area (Å²) >= 11 is 0. The summed E-state index contributed by atoms with van der Waals surface area (Å²) in [6.07, 6.45) is 3.40. The molecule has 2 fully saturated rings. The topological polar surface area (TPSA) is 124 Å². The number of fused-ring (bicyclic) bond motifs is 1. The summed E-state index contributed by atoms with van der Waals surface area (Å²) in [6, 6.07) is 14.5. The Bertz CT molecular complexity index is 1110. The van der Waals surface area contributed by atoms with Crippen molar-refractivity contribution in [2.75, 3.05) is 11.5 Å². The summed E-state index contributed by atoms with van der Waals surface area (Å²) in [6.45, 7) is 0.554. The highest BCUT2D eigenvalue weighted by molar-refractivity contribution is 6.24. The number of carbonyl (C=O) groups excluding carboxylic acids is 3. The first-order valence-corrected chi connectivity index (χ1v) is 10.1.